The van der Waals surface area contributed by atoms with Crippen LogP contribution in [-0.2, 0) is 11.3 Å². The Morgan fingerprint density at radius 2 is 2.00 bits per heavy atom. The third kappa shape index (κ3) is 3.98. The van der Waals surface area contributed by atoms with Gasteiger partial charge in [-0.2, -0.15) is 0 Å². The maximum atomic E-state index is 13.5. The first-order valence-corrected chi connectivity index (χ1v) is 10.5. The lowest BCUT2D eigenvalue weighted by Gasteiger charge is -2.11. The number of carbonyl (C=O) groups excluding carboxylic acids is 1. The Hall–Kier alpha value is -2.86. The molecule has 3 aromatic rings. The fourth-order valence-electron chi connectivity index (χ4n) is 3.47. The molecule has 1 aromatic heterocycles. The number of amides is 1. The van der Waals surface area contributed by atoms with Crippen LogP contribution >= 0.6 is 11.8 Å². The molecule has 0 bridgehead atoms. The van der Waals surface area contributed by atoms with Gasteiger partial charge in [-0.25, -0.2) is 4.39 Å². The lowest BCUT2D eigenvalue weighted by molar-refractivity contribution is -0.122. The highest BCUT2D eigenvalue weighted by Gasteiger charge is 2.31. The van der Waals surface area contributed by atoms with Crippen LogP contribution in [0.4, 0.5) is 4.39 Å². The van der Waals surface area contributed by atoms with Gasteiger partial charge in [0.05, 0.1) is 4.91 Å². The first-order chi connectivity index (χ1) is 14.1. The normalized spacial score (nSPS) is 17.2. The van der Waals surface area contributed by atoms with Crippen LogP contribution in [0, 0.1) is 5.82 Å². The van der Waals surface area contributed by atoms with Crippen LogP contribution in [0.1, 0.15) is 25.0 Å². The van der Waals surface area contributed by atoms with Crippen molar-refractivity contribution >= 4 is 39.8 Å². The molecule has 1 amide bonds. The van der Waals surface area contributed by atoms with E-state index < -0.39 is 0 Å². The van der Waals surface area contributed by atoms with E-state index in [0.717, 1.165) is 27.2 Å². The zero-order chi connectivity index (χ0) is 20.4. The summed E-state index contributed by atoms with van der Waals surface area (Å²) in [6.07, 6.45) is 3.93. The van der Waals surface area contributed by atoms with Crippen LogP contribution in [0.25, 0.3) is 17.0 Å². The van der Waals surface area contributed by atoms with Gasteiger partial charge in [-0.1, -0.05) is 18.2 Å². The number of amidine groups is 1. The Morgan fingerprint density at radius 1 is 1.14 bits per heavy atom. The first-order valence-electron chi connectivity index (χ1n) is 9.68. The van der Waals surface area contributed by atoms with E-state index in [1.54, 1.807) is 17.0 Å². The summed E-state index contributed by atoms with van der Waals surface area (Å²) in [5, 5.41) is 1.86. The van der Waals surface area contributed by atoms with Gasteiger partial charge in [-0.3, -0.25) is 14.7 Å². The van der Waals surface area contributed by atoms with Gasteiger partial charge >= 0.3 is 0 Å². The van der Waals surface area contributed by atoms with Crippen molar-refractivity contribution in [3.05, 3.63) is 76.6 Å². The van der Waals surface area contributed by atoms with Crippen molar-refractivity contribution in [1.29, 1.82) is 0 Å². The van der Waals surface area contributed by atoms with Crippen LogP contribution in [0.2, 0.25) is 0 Å². The SMILES string of the molecule is CCN=C1S/C(=C/c2ccc3c(ccn3Cc3cccc(F)c3)c2)C(=O)N1CC. The molecule has 0 N–H and O–H groups in total. The van der Waals surface area contributed by atoms with Gasteiger partial charge in [0.2, 0.25) is 0 Å². The minimum atomic E-state index is -0.223. The number of halogens is 1. The van der Waals surface area contributed by atoms with E-state index in [1.807, 2.05) is 50.4 Å². The molecule has 6 heteroatoms. The molecule has 4 rings (SSSR count). The number of aliphatic imine (C=N–C) groups is 1. The maximum absolute atomic E-state index is 13.5. The van der Waals surface area contributed by atoms with Gasteiger partial charge in [-0.15, -0.1) is 0 Å². The van der Waals surface area contributed by atoms with Gasteiger partial charge < -0.3 is 4.57 Å². The zero-order valence-electron chi connectivity index (χ0n) is 16.4. The molecule has 0 unspecified atom stereocenters. The molecule has 0 atom stereocenters. The van der Waals surface area contributed by atoms with Gasteiger partial charge in [0.25, 0.3) is 5.91 Å². The molecule has 1 saturated heterocycles. The van der Waals surface area contributed by atoms with Crippen LogP contribution in [0.15, 0.2) is 64.6 Å². The summed E-state index contributed by atoms with van der Waals surface area (Å²) >= 11 is 1.43. The molecular formula is C23H22FN3OS. The summed E-state index contributed by atoms with van der Waals surface area (Å²) in [6.45, 7) is 5.81. The van der Waals surface area contributed by atoms with Crippen LogP contribution in [0.5, 0.6) is 0 Å². The van der Waals surface area contributed by atoms with E-state index in [-0.39, 0.29) is 11.7 Å². The molecule has 0 spiro atoms. The Morgan fingerprint density at radius 3 is 2.76 bits per heavy atom. The van der Waals surface area contributed by atoms with Gasteiger partial charge in [0.1, 0.15) is 5.82 Å². The molecule has 2 heterocycles. The highest BCUT2D eigenvalue weighted by molar-refractivity contribution is 8.18. The summed E-state index contributed by atoms with van der Waals surface area (Å²) in [6, 6.07) is 14.8. The molecule has 0 radical (unpaired) electrons. The summed E-state index contributed by atoms with van der Waals surface area (Å²) in [4.78, 5) is 19.5. The summed E-state index contributed by atoms with van der Waals surface area (Å²) in [5.41, 5.74) is 2.97. The average Bonchev–Trinajstić information content (AvgIpc) is 3.23. The van der Waals surface area contributed by atoms with E-state index in [1.165, 1.54) is 17.8 Å². The molecule has 4 nitrogen and oxygen atoms in total. The van der Waals surface area contributed by atoms with Crippen molar-refractivity contribution in [3.63, 3.8) is 0 Å². The molecule has 1 aliphatic heterocycles. The minimum Gasteiger partial charge on any atom is -0.343 e. The van der Waals surface area contributed by atoms with E-state index in [9.17, 15) is 9.18 Å². The number of carbonyl (C=O) groups is 1. The fraction of sp³-hybridized carbons (Fsp3) is 0.217. The van der Waals surface area contributed by atoms with E-state index in [0.29, 0.717) is 24.5 Å². The predicted molar refractivity (Wildman–Crippen MR) is 118 cm³/mol. The van der Waals surface area contributed by atoms with Crippen molar-refractivity contribution in [3.8, 4) is 0 Å². The minimum absolute atomic E-state index is 0.00784. The Labute approximate surface area is 173 Å². The topological polar surface area (TPSA) is 37.6 Å². The smallest absolute Gasteiger partial charge is 0.266 e. The number of hydrogen-bond donors (Lipinski definition) is 0. The number of rotatable bonds is 5. The summed E-state index contributed by atoms with van der Waals surface area (Å²) in [5.74, 6) is -0.216. The number of fused-ring (bicyclic) bond motifs is 1. The van der Waals surface area contributed by atoms with Crippen molar-refractivity contribution in [2.75, 3.05) is 13.1 Å². The lowest BCUT2D eigenvalue weighted by Crippen LogP contribution is -2.28. The zero-order valence-corrected chi connectivity index (χ0v) is 17.2. The molecule has 2 aromatic carbocycles. The van der Waals surface area contributed by atoms with Crippen LogP contribution < -0.4 is 0 Å². The molecule has 148 valence electrons. The first kappa shape index (κ1) is 19.5. The van der Waals surface area contributed by atoms with Crippen molar-refractivity contribution in [2.24, 2.45) is 4.99 Å². The van der Waals surface area contributed by atoms with Gasteiger partial charge in [-0.05, 0) is 73.1 Å². The Kier molecular flexibility index (Phi) is 5.53. The van der Waals surface area contributed by atoms with Crippen LogP contribution in [0.3, 0.4) is 0 Å². The van der Waals surface area contributed by atoms with Crippen molar-refractivity contribution in [2.45, 2.75) is 20.4 Å². The average molecular weight is 408 g/mol. The van der Waals surface area contributed by atoms with E-state index in [4.69, 9.17) is 0 Å². The summed E-state index contributed by atoms with van der Waals surface area (Å²) < 4.78 is 15.6. The highest BCUT2D eigenvalue weighted by atomic mass is 32.2. The quantitative estimate of drug-likeness (QED) is 0.549. The van der Waals surface area contributed by atoms with Crippen molar-refractivity contribution < 1.29 is 9.18 Å². The molecule has 29 heavy (non-hydrogen) atoms. The summed E-state index contributed by atoms with van der Waals surface area (Å²) in [7, 11) is 0. The molecule has 1 aliphatic rings. The maximum Gasteiger partial charge on any atom is 0.266 e. The Balaban J connectivity index is 1.61. The van der Waals surface area contributed by atoms with E-state index in [2.05, 4.69) is 15.6 Å². The molecule has 0 saturated carbocycles. The largest absolute Gasteiger partial charge is 0.343 e. The second-order valence-corrected chi connectivity index (χ2v) is 7.82. The van der Waals surface area contributed by atoms with Crippen molar-refractivity contribution in [1.82, 2.24) is 9.47 Å². The number of aromatic nitrogens is 1. The molecule has 0 aliphatic carbocycles. The second kappa shape index (κ2) is 8.25. The number of nitrogens with zero attached hydrogens (tertiary/aromatic N) is 3. The van der Waals surface area contributed by atoms with Crippen LogP contribution in [-0.4, -0.2) is 33.6 Å². The predicted octanol–water partition coefficient (Wildman–Crippen LogP) is 5.14. The second-order valence-electron chi connectivity index (χ2n) is 6.81. The molecular weight excluding hydrogens is 385 g/mol. The molecule has 1 fully saturated rings. The monoisotopic (exact) mass is 407 g/mol. The highest BCUT2D eigenvalue weighted by Crippen LogP contribution is 2.33. The van der Waals surface area contributed by atoms with Gasteiger partial charge in [0.15, 0.2) is 5.17 Å². The number of thioether (sulfide) groups is 1. The third-order valence-electron chi connectivity index (χ3n) is 4.83. The Bertz CT molecular complexity index is 1130. The number of benzene rings is 2. The third-order valence-corrected chi connectivity index (χ3v) is 5.88. The number of likely N-dealkylation sites (N-methyl/N-ethyl adjacent to an activating group) is 1. The standard InChI is InChI=1S/C23H22FN3OS/c1-3-25-23-27(4-2)22(28)21(29-23)14-16-8-9-20-18(12-16)10-11-26(20)15-17-6-5-7-19(24)13-17/h5-14H,3-4,15H2,1-2H3/b21-14+,25-23?. The number of hydrogen-bond acceptors (Lipinski definition) is 3. The lowest BCUT2D eigenvalue weighted by atomic mass is 10.1. The van der Waals surface area contributed by atoms with Gasteiger partial charge in [0, 0.05) is 36.7 Å². The fourth-order valence-corrected chi connectivity index (χ4v) is 4.57. The van der Waals surface area contributed by atoms with E-state index >= 15 is 0 Å².